The van der Waals surface area contributed by atoms with Gasteiger partial charge in [0.2, 0.25) is 0 Å². The van der Waals surface area contributed by atoms with Crippen LogP contribution in [0.15, 0.2) is 23.8 Å². The van der Waals surface area contributed by atoms with E-state index < -0.39 is 0 Å². The van der Waals surface area contributed by atoms with E-state index in [4.69, 9.17) is 4.98 Å². The maximum Gasteiger partial charge on any atom is 0.129 e. The van der Waals surface area contributed by atoms with Crippen molar-refractivity contribution in [3.8, 4) is 0 Å². The van der Waals surface area contributed by atoms with Crippen LogP contribution in [-0.2, 0) is 6.54 Å². The van der Waals surface area contributed by atoms with Crippen molar-refractivity contribution in [1.82, 2.24) is 10.3 Å². The van der Waals surface area contributed by atoms with Crippen molar-refractivity contribution >= 4 is 5.82 Å². The molecule has 0 radical (unpaired) electrons. The highest BCUT2D eigenvalue weighted by molar-refractivity contribution is 5.45. The van der Waals surface area contributed by atoms with Crippen molar-refractivity contribution in [3.05, 3.63) is 35.0 Å². The highest BCUT2D eigenvalue weighted by Crippen LogP contribution is 2.23. The maximum atomic E-state index is 4.89. The van der Waals surface area contributed by atoms with Crippen molar-refractivity contribution in [2.45, 2.75) is 53.0 Å². The fraction of sp³-hybridized carbons (Fsp3) is 0.611. The van der Waals surface area contributed by atoms with E-state index in [0.29, 0.717) is 5.92 Å². The largest absolute Gasteiger partial charge is 0.352 e. The summed E-state index contributed by atoms with van der Waals surface area (Å²) in [7, 11) is 0. The van der Waals surface area contributed by atoms with Crippen molar-refractivity contribution in [1.29, 1.82) is 0 Å². The molecule has 0 amide bonds. The molecule has 0 unspecified atom stereocenters. The summed E-state index contributed by atoms with van der Waals surface area (Å²) in [5.74, 6) is 1.61. The minimum absolute atomic E-state index is 0.469. The predicted octanol–water partition coefficient (Wildman–Crippen LogP) is 3.86. The van der Waals surface area contributed by atoms with Crippen molar-refractivity contribution in [2.24, 2.45) is 0 Å². The highest BCUT2D eigenvalue weighted by Gasteiger charge is 2.14. The van der Waals surface area contributed by atoms with Crippen LogP contribution < -0.4 is 10.2 Å². The molecular formula is C18H29N3. The summed E-state index contributed by atoms with van der Waals surface area (Å²) in [6.07, 6.45) is 4.64. The van der Waals surface area contributed by atoms with Crippen LogP contribution >= 0.6 is 0 Å². The fourth-order valence-electron chi connectivity index (χ4n) is 2.67. The molecule has 2 rings (SSSR count). The second-order valence-electron chi connectivity index (χ2n) is 6.35. The summed E-state index contributed by atoms with van der Waals surface area (Å²) in [6.45, 7) is 12.9. The molecule has 0 bridgehead atoms. The fourth-order valence-corrected chi connectivity index (χ4v) is 2.67. The molecule has 0 saturated carbocycles. The van der Waals surface area contributed by atoms with E-state index in [-0.39, 0.29) is 0 Å². The van der Waals surface area contributed by atoms with E-state index in [1.54, 1.807) is 0 Å². The van der Waals surface area contributed by atoms with Crippen LogP contribution in [-0.4, -0.2) is 24.6 Å². The predicted molar refractivity (Wildman–Crippen MR) is 90.9 cm³/mol. The first kappa shape index (κ1) is 16.0. The number of aromatic nitrogens is 1. The monoisotopic (exact) mass is 287 g/mol. The number of hydrogen-bond donors (Lipinski definition) is 1. The summed E-state index contributed by atoms with van der Waals surface area (Å²) < 4.78 is 0. The molecule has 3 nitrogen and oxygen atoms in total. The van der Waals surface area contributed by atoms with Gasteiger partial charge in [0.05, 0.1) is 0 Å². The van der Waals surface area contributed by atoms with E-state index in [0.717, 1.165) is 38.4 Å². The molecule has 3 heteroatoms. The molecule has 21 heavy (non-hydrogen) atoms. The molecule has 0 atom stereocenters. The third kappa shape index (κ3) is 4.57. The molecule has 1 aromatic rings. The van der Waals surface area contributed by atoms with Crippen LogP contribution in [0.1, 0.15) is 57.7 Å². The Kier molecular flexibility index (Phi) is 5.80. The third-order valence-electron chi connectivity index (χ3n) is 3.89. The topological polar surface area (TPSA) is 28.2 Å². The quantitative estimate of drug-likeness (QED) is 0.636. The van der Waals surface area contributed by atoms with E-state index in [2.05, 4.69) is 56.1 Å². The molecule has 1 N–H and O–H groups in total. The lowest BCUT2D eigenvalue weighted by Crippen LogP contribution is -2.30. The molecule has 116 valence electrons. The van der Waals surface area contributed by atoms with Crippen LogP contribution in [0.2, 0.25) is 0 Å². The van der Waals surface area contributed by atoms with Gasteiger partial charge in [-0.05, 0) is 49.9 Å². The second kappa shape index (κ2) is 7.60. The molecule has 1 aliphatic heterocycles. The Morgan fingerprint density at radius 3 is 2.81 bits per heavy atom. The minimum atomic E-state index is 0.469. The van der Waals surface area contributed by atoms with Crippen LogP contribution in [0.25, 0.3) is 0 Å². The number of hydrogen-bond acceptors (Lipinski definition) is 3. The summed E-state index contributed by atoms with van der Waals surface area (Å²) in [5.41, 5.74) is 4.00. The van der Waals surface area contributed by atoms with Gasteiger partial charge in [0, 0.05) is 25.3 Å². The van der Waals surface area contributed by atoms with Gasteiger partial charge >= 0.3 is 0 Å². The summed E-state index contributed by atoms with van der Waals surface area (Å²) in [6, 6.07) is 4.51. The van der Waals surface area contributed by atoms with E-state index in [1.165, 1.54) is 23.3 Å². The molecule has 0 aromatic carbocycles. The van der Waals surface area contributed by atoms with Gasteiger partial charge in [0.15, 0.2) is 0 Å². The molecule has 0 spiro atoms. The average molecular weight is 287 g/mol. The number of rotatable bonds is 6. The summed E-state index contributed by atoms with van der Waals surface area (Å²) in [4.78, 5) is 7.30. The van der Waals surface area contributed by atoms with Crippen LogP contribution in [0.3, 0.4) is 0 Å². The molecule has 0 saturated heterocycles. The SMILES string of the molecule is CCCNCc1cc(C(C)C)nc(N2CCC=C(C)C2)c1. The lowest BCUT2D eigenvalue weighted by molar-refractivity contribution is 0.671. The standard InChI is InChI=1S/C18H29N3/c1-5-8-19-12-16-10-17(14(2)3)20-18(11-16)21-9-6-7-15(4)13-21/h7,10-11,14,19H,5-6,8-9,12-13H2,1-4H3. The first-order valence-corrected chi connectivity index (χ1v) is 8.22. The Hall–Kier alpha value is -1.35. The average Bonchev–Trinajstić information content (AvgIpc) is 2.47. The van der Waals surface area contributed by atoms with Gasteiger partial charge in [-0.3, -0.25) is 0 Å². The highest BCUT2D eigenvalue weighted by atomic mass is 15.2. The molecule has 2 heterocycles. The summed E-state index contributed by atoms with van der Waals surface area (Å²) >= 11 is 0. The minimum Gasteiger partial charge on any atom is -0.352 e. The number of anilines is 1. The number of nitrogens with zero attached hydrogens (tertiary/aromatic N) is 2. The Labute approximate surface area is 129 Å². The van der Waals surface area contributed by atoms with Gasteiger partial charge in [-0.25, -0.2) is 4.98 Å². The molecule has 0 fully saturated rings. The Balaban J connectivity index is 2.20. The zero-order valence-corrected chi connectivity index (χ0v) is 13.9. The lowest BCUT2D eigenvalue weighted by Gasteiger charge is -2.28. The van der Waals surface area contributed by atoms with E-state index >= 15 is 0 Å². The molecule has 1 aliphatic rings. The van der Waals surface area contributed by atoms with Gasteiger partial charge < -0.3 is 10.2 Å². The van der Waals surface area contributed by atoms with Gasteiger partial charge in [0.1, 0.15) is 5.82 Å². The van der Waals surface area contributed by atoms with Gasteiger partial charge in [-0.15, -0.1) is 0 Å². The van der Waals surface area contributed by atoms with Crippen LogP contribution in [0.4, 0.5) is 5.82 Å². The van der Waals surface area contributed by atoms with Crippen LogP contribution in [0, 0.1) is 0 Å². The van der Waals surface area contributed by atoms with Crippen molar-refractivity contribution in [2.75, 3.05) is 24.5 Å². The third-order valence-corrected chi connectivity index (χ3v) is 3.89. The normalized spacial score (nSPS) is 15.5. The first-order valence-electron chi connectivity index (χ1n) is 8.22. The summed E-state index contributed by atoms with van der Waals surface area (Å²) in [5, 5.41) is 3.50. The lowest BCUT2D eigenvalue weighted by atomic mass is 10.1. The van der Waals surface area contributed by atoms with E-state index in [1.807, 2.05) is 0 Å². The van der Waals surface area contributed by atoms with Crippen molar-refractivity contribution < 1.29 is 0 Å². The van der Waals surface area contributed by atoms with Gasteiger partial charge in [-0.2, -0.15) is 0 Å². The van der Waals surface area contributed by atoms with E-state index in [9.17, 15) is 0 Å². The Morgan fingerprint density at radius 2 is 2.14 bits per heavy atom. The van der Waals surface area contributed by atoms with Crippen LogP contribution in [0.5, 0.6) is 0 Å². The Morgan fingerprint density at radius 1 is 1.33 bits per heavy atom. The zero-order valence-electron chi connectivity index (χ0n) is 13.9. The van der Waals surface area contributed by atoms with Crippen molar-refractivity contribution in [3.63, 3.8) is 0 Å². The van der Waals surface area contributed by atoms with Gasteiger partial charge in [0.25, 0.3) is 0 Å². The Bertz CT molecular complexity index is 491. The smallest absolute Gasteiger partial charge is 0.129 e. The molecule has 1 aromatic heterocycles. The molecular weight excluding hydrogens is 258 g/mol. The van der Waals surface area contributed by atoms with Gasteiger partial charge in [-0.1, -0.05) is 32.4 Å². The molecule has 0 aliphatic carbocycles. The number of nitrogens with one attached hydrogen (secondary N) is 1. The number of pyridine rings is 1. The first-order chi connectivity index (χ1) is 10.1. The second-order valence-corrected chi connectivity index (χ2v) is 6.35. The zero-order chi connectivity index (χ0) is 15.2. The maximum absolute atomic E-state index is 4.89.